The molecule has 0 amide bonds. The van der Waals surface area contributed by atoms with Crippen molar-refractivity contribution in [2.24, 2.45) is 5.73 Å². The van der Waals surface area contributed by atoms with Crippen LogP contribution in [0, 0.1) is 6.92 Å². The molecule has 0 radical (unpaired) electrons. The van der Waals surface area contributed by atoms with Crippen molar-refractivity contribution in [2.45, 2.75) is 25.0 Å². The van der Waals surface area contributed by atoms with Gasteiger partial charge >= 0.3 is 0 Å². The van der Waals surface area contributed by atoms with Crippen LogP contribution in [0.2, 0.25) is 5.02 Å². The molecule has 2 aromatic rings. The molecule has 0 aromatic heterocycles. The van der Waals surface area contributed by atoms with Crippen molar-refractivity contribution >= 4 is 17.9 Å². The summed E-state index contributed by atoms with van der Waals surface area (Å²) >= 11 is 6.18. The largest absolute Gasteiger partial charge is 0.488 e. The minimum Gasteiger partial charge on any atom is -0.488 e. The van der Waals surface area contributed by atoms with Crippen LogP contribution in [0.15, 0.2) is 42.5 Å². The fourth-order valence-corrected chi connectivity index (χ4v) is 2.94. The second-order valence-corrected chi connectivity index (χ2v) is 6.49. The Morgan fingerprint density at radius 2 is 1.96 bits per heavy atom. The van der Waals surface area contributed by atoms with Crippen molar-refractivity contribution in [3.63, 3.8) is 0 Å². The lowest BCUT2D eigenvalue weighted by Crippen LogP contribution is -2.39. The van der Waals surface area contributed by atoms with Gasteiger partial charge in [0.05, 0.1) is 13.2 Å². The monoisotopic (exact) mass is 345 g/mol. The molecule has 1 saturated heterocycles. The molecule has 1 fully saturated rings. The number of carbonyl (C=O) groups excluding carboxylic acids is 1. The van der Waals surface area contributed by atoms with Crippen LogP contribution >= 0.6 is 11.6 Å². The van der Waals surface area contributed by atoms with E-state index in [1.807, 2.05) is 43.3 Å². The molecule has 0 saturated carbocycles. The predicted octanol–water partition coefficient (Wildman–Crippen LogP) is 3.22. The molecule has 1 heterocycles. The van der Waals surface area contributed by atoms with Crippen molar-refractivity contribution in [1.29, 1.82) is 0 Å². The molecule has 0 aliphatic carbocycles. The molecule has 126 valence electrons. The van der Waals surface area contributed by atoms with Crippen LogP contribution in [0.3, 0.4) is 0 Å². The molecule has 24 heavy (non-hydrogen) atoms. The highest BCUT2D eigenvalue weighted by molar-refractivity contribution is 6.31. The van der Waals surface area contributed by atoms with E-state index in [0.717, 1.165) is 30.6 Å². The highest BCUT2D eigenvalue weighted by atomic mass is 35.5. The number of hydrogen-bond donors (Lipinski definition) is 1. The van der Waals surface area contributed by atoms with Gasteiger partial charge in [-0.05, 0) is 41.8 Å². The predicted molar refractivity (Wildman–Crippen MR) is 93.5 cm³/mol. The molecule has 3 rings (SSSR count). The van der Waals surface area contributed by atoms with Crippen LogP contribution in [0.4, 0.5) is 0 Å². The number of aldehydes is 1. The van der Waals surface area contributed by atoms with E-state index in [-0.39, 0.29) is 6.10 Å². The fraction of sp³-hybridized carbons (Fsp3) is 0.316. The topological polar surface area (TPSA) is 61.6 Å². The molecule has 4 nitrogen and oxygen atoms in total. The van der Waals surface area contributed by atoms with E-state index < -0.39 is 5.54 Å². The van der Waals surface area contributed by atoms with Gasteiger partial charge in [0.1, 0.15) is 23.7 Å². The maximum atomic E-state index is 11.8. The van der Waals surface area contributed by atoms with Crippen LogP contribution in [0.1, 0.15) is 23.1 Å². The van der Waals surface area contributed by atoms with Gasteiger partial charge in [0.15, 0.2) is 0 Å². The number of hydrogen-bond acceptors (Lipinski definition) is 4. The Balaban J connectivity index is 1.86. The second-order valence-electron chi connectivity index (χ2n) is 6.08. The van der Waals surface area contributed by atoms with E-state index in [1.54, 1.807) is 6.07 Å². The van der Waals surface area contributed by atoms with Crippen molar-refractivity contribution in [3.8, 4) is 5.75 Å². The number of halogens is 1. The lowest BCUT2D eigenvalue weighted by Gasteiger charge is -2.25. The Bertz CT molecular complexity index is 726. The van der Waals surface area contributed by atoms with Crippen molar-refractivity contribution in [1.82, 2.24) is 0 Å². The van der Waals surface area contributed by atoms with Crippen molar-refractivity contribution < 1.29 is 14.3 Å². The number of nitrogens with two attached hydrogens (primary N) is 1. The molecule has 0 spiro atoms. The van der Waals surface area contributed by atoms with Gasteiger partial charge in [0.2, 0.25) is 0 Å². The summed E-state index contributed by atoms with van der Waals surface area (Å²) in [6.07, 6.45) is 1.72. The summed E-state index contributed by atoms with van der Waals surface area (Å²) in [4.78, 5) is 11.8. The summed E-state index contributed by atoms with van der Waals surface area (Å²) in [6, 6.07) is 12.7. The van der Waals surface area contributed by atoms with Gasteiger partial charge in [-0.3, -0.25) is 0 Å². The number of aryl methyl sites for hydroxylation is 1. The third-order valence-corrected chi connectivity index (χ3v) is 4.77. The highest BCUT2D eigenvalue weighted by Gasteiger charge is 2.30. The lowest BCUT2D eigenvalue weighted by molar-refractivity contribution is -0.111. The van der Waals surface area contributed by atoms with Crippen LogP contribution in [0.25, 0.3) is 0 Å². The van der Waals surface area contributed by atoms with Gasteiger partial charge in [-0.25, -0.2) is 0 Å². The SMILES string of the molecule is Cc1ccc(C(N)(C=O)c2ccc(OC3CCOC3)cc2)cc1Cl. The first-order chi connectivity index (χ1) is 11.5. The number of benzene rings is 2. The molecule has 2 unspecified atom stereocenters. The van der Waals surface area contributed by atoms with E-state index in [1.165, 1.54) is 0 Å². The van der Waals surface area contributed by atoms with Crippen LogP contribution < -0.4 is 10.5 Å². The van der Waals surface area contributed by atoms with E-state index >= 15 is 0 Å². The maximum Gasteiger partial charge on any atom is 0.148 e. The molecular formula is C19H20ClNO3. The summed E-state index contributed by atoms with van der Waals surface area (Å²) in [6.45, 7) is 3.25. The number of rotatable bonds is 5. The van der Waals surface area contributed by atoms with Crippen molar-refractivity contribution in [3.05, 3.63) is 64.2 Å². The minimum absolute atomic E-state index is 0.0838. The Labute approximate surface area is 146 Å². The van der Waals surface area contributed by atoms with Crippen LogP contribution in [0.5, 0.6) is 5.75 Å². The molecule has 2 aromatic carbocycles. The third kappa shape index (κ3) is 3.31. The standard InChI is InChI=1S/C19H20ClNO3/c1-13-2-3-15(10-18(13)20)19(21,12-22)14-4-6-16(7-5-14)24-17-8-9-23-11-17/h2-7,10,12,17H,8-9,11,21H2,1H3. The first-order valence-electron chi connectivity index (χ1n) is 7.90. The number of carbonyl (C=O) groups is 1. The zero-order valence-corrected chi connectivity index (χ0v) is 14.3. The average molecular weight is 346 g/mol. The Hall–Kier alpha value is -1.88. The smallest absolute Gasteiger partial charge is 0.148 e. The molecule has 2 atom stereocenters. The van der Waals surface area contributed by atoms with Crippen LogP contribution in [-0.2, 0) is 15.1 Å². The molecule has 5 heteroatoms. The minimum atomic E-state index is -1.24. The summed E-state index contributed by atoms with van der Waals surface area (Å²) in [5.74, 6) is 0.740. The van der Waals surface area contributed by atoms with Crippen molar-refractivity contribution in [2.75, 3.05) is 13.2 Å². The molecule has 1 aliphatic rings. The van der Waals surface area contributed by atoms with E-state index in [4.69, 9.17) is 26.8 Å². The quantitative estimate of drug-likeness (QED) is 0.845. The van der Waals surface area contributed by atoms with Gasteiger partial charge in [0, 0.05) is 11.4 Å². The van der Waals surface area contributed by atoms with Crippen LogP contribution in [-0.4, -0.2) is 25.6 Å². The second kappa shape index (κ2) is 6.93. The first kappa shape index (κ1) is 17.0. The zero-order valence-electron chi connectivity index (χ0n) is 13.5. The Morgan fingerprint density at radius 3 is 2.54 bits per heavy atom. The Morgan fingerprint density at radius 1 is 1.25 bits per heavy atom. The molecule has 1 aliphatic heterocycles. The molecule has 0 bridgehead atoms. The van der Waals surface area contributed by atoms with E-state index in [0.29, 0.717) is 22.8 Å². The summed E-state index contributed by atoms with van der Waals surface area (Å²) < 4.78 is 11.1. The lowest BCUT2D eigenvalue weighted by atomic mass is 9.85. The number of ether oxygens (including phenoxy) is 2. The van der Waals surface area contributed by atoms with Gasteiger partial charge in [0.25, 0.3) is 0 Å². The Kier molecular flexibility index (Phi) is 4.90. The zero-order chi connectivity index (χ0) is 17.2. The van der Waals surface area contributed by atoms with Gasteiger partial charge in [-0.15, -0.1) is 0 Å². The maximum absolute atomic E-state index is 11.8. The van der Waals surface area contributed by atoms with E-state index in [9.17, 15) is 4.79 Å². The molecular weight excluding hydrogens is 326 g/mol. The van der Waals surface area contributed by atoms with Gasteiger partial charge in [-0.1, -0.05) is 35.9 Å². The molecule has 2 N–H and O–H groups in total. The average Bonchev–Trinajstić information content (AvgIpc) is 3.10. The normalized spacial score (nSPS) is 19.7. The summed E-state index contributed by atoms with van der Waals surface area (Å²) in [5, 5.41) is 0.588. The third-order valence-electron chi connectivity index (χ3n) is 4.36. The first-order valence-corrected chi connectivity index (χ1v) is 8.27. The summed E-state index contributed by atoms with van der Waals surface area (Å²) in [5.41, 5.74) is 7.43. The van der Waals surface area contributed by atoms with Gasteiger partial charge in [-0.2, -0.15) is 0 Å². The summed E-state index contributed by atoms with van der Waals surface area (Å²) in [7, 11) is 0. The van der Waals surface area contributed by atoms with Gasteiger partial charge < -0.3 is 20.0 Å². The highest BCUT2D eigenvalue weighted by Crippen LogP contribution is 2.30. The van der Waals surface area contributed by atoms with E-state index in [2.05, 4.69) is 0 Å². The fourth-order valence-electron chi connectivity index (χ4n) is 2.76.